The van der Waals surface area contributed by atoms with Crippen LogP contribution in [0.25, 0.3) is 0 Å². The first-order valence-electron chi connectivity index (χ1n) is 10.5. The molecule has 1 saturated heterocycles. The molecule has 0 bridgehead atoms. The lowest BCUT2D eigenvalue weighted by Crippen LogP contribution is -2.46. The number of sulfone groups is 1. The Kier molecular flexibility index (Phi) is 7.55. The summed E-state index contributed by atoms with van der Waals surface area (Å²) in [5, 5.41) is 10.6. The normalized spacial score (nSPS) is 19.1. The van der Waals surface area contributed by atoms with Gasteiger partial charge in [-0.05, 0) is 49.3 Å². The minimum Gasteiger partial charge on any atom is -0.507 e. The molecule has 8 heteroatoms. The predicted octanol–water partition coefficient (Wildman–Crippen LogP) is 3.22. The number of hydrogen-bond acceptors (Lipinski definition) is 6. The molecule has 1 N–H and O–H groups in total. The number of rotatable bonds is 7. The van der Waals surface area contributed by atoms with Gasteiger partial charge in [-0.1, -0.05) is 33.8 Å². The van der Waals surface area contributed by atoms with E-state index in [4.69, 9.17) is 4.74 Å². The first-order chi connectivity index (χ1) is 13.9. The lowest BCUT2D eigenvalue weighted by molar-refractivity contribution is -0.141. The van der Waals surface area contributed by atoms with Crippen LogP contribution >= 0.6 is 0 Å². The third kappa shape index (κ3) is 5.33. The summed E-state index contributed by atoms with van der Waals surface area (Å²) in [7, 11) is -3.14. The maximum Gasteiger partial charge on any atom is 0.342 e. The van der Waals surface area contributed by atoms with E-state index in [1.54, 1.807) is 13.0 Å². The van der Waals surface area contributed by atoms with E-state index >= 15 is 0 Å². The lowest BCUT2D eigenvalue weighted by atomic mass is 9.92. The molecule has 1 heterocycles. The zero-order chi connectivity index (χ0) is 22.8. The average molecular weight is 440 g/mol. The zero-order valence-corrected chi connectivity index (χ0v) is 19.5. The molecule has 0 spiro atoms. The smallest absolute Gasteiger partial charge is 0.342 e. The van der Waals surface area contributed by atoms with Crippen LogP contribution in [0.4, 0.5) is 0 Å². The maximum absolute atomic E-state index is 12.9. The molecule has 0 saturated carbocycles. The number of carbonyl (C=O) groups excluding carboxylic acids is 2. The van der Waals surface area contributed by atoms with Gasteiger partial charge in [0.2, 0.25) is 0 Å². The number of phenols is 1. The van der Waals surface area contributed by atoms with Gasteiger partial charge >= 0.3 is 5.97 Å². The fourth-order valence-corrected chi connectivity index (χ4v) is 5.46. The fraction of sp³-hybridized carbons (Fsp3) is 0.636. The number of amides is 1. The third-order valence-electron chi connectivity index (χ3n) is 5.57. The molecule has 1 aromatic carbocycles. The lowest BCUT2D eigenvalue weighted by Gasteiger charge is -2.29. The van der Waals surface area contributed by atoms with Crippen molar-refractivity contribution in [1.82, 2.24) is 4.90 Å². The van der Waals surface area contributed by atoms with Crippen molar-refractivity contribution in [2.75, 3.05) is 18.1 Å². The molecule has 1 aromatic rings. The minimum absolute atomic E-state index is 0.00852. The number of nitrogens with zero attached hydrogens (tertiary/aromatic N) is 1. The quantitative estimate of drug-likeness (QED) is 0.655. The Morgan fingerprint density at radius 1 is 1.17 bits per heavy atom. The minimum atomic E-state index is -3.14. The van der Waals surface area contributed by atoms with Crippen LogP contribution in [0.2, 0.25) is 0 Å². The molecule has 168 valence electrons. The van der Waals surface area contributed by atoms with Crippen molar-refractivity contribution in [2.45, 2.75) is 71.9 Å². The van der Waals surface area contributed by atoms with Crippen LogP contribution in [0.5, 0.6) is 5.75 Å². The Balaban J connectivity index is 2.23. The summed E-state index contributed by atoms with van der Waals surface area (Å²) in [5.74, 6) is -1.19. The molecule has 0 aromatic heterocycles. The van der Waals surface area contributed by atoms with E-state index in [1.807, 2.05) is 33.8 Å². The summed E-state index contributed by atoms with van der Waals surface area (Å²) >= 11 is 0. The van der Waals surface area contributed by atoms with E-state index in [1.165, 1.54) is 11.8 Å². The Labute approximate surface area is 179 Å². The maximum atomic E-state index is 12.9. The van der Waals surface area contributed by atoms with Crippen LogP contribution in [-0.4, -0.2) is 60.5 Å². The summed E-state index contributed by atoms with van der Waals surface area (Å²) in [6.45, 7) is 11.4. The van der Waals surface area contributed by atoms with Crippen molar-refractivity contribution in [3.05, 3.63) is 28.8 Å². The molecule has 30 heavy (non-hydrogen) atoms. The Bertz CT molecular complexity index is 906. The van der Waals surface area contributed by atoms with Crippen LogP contribution in [0.3, 0.4) is 0 Å². The summed E-state index contributed by atoms with van der Waals surface area (Å²) in [6.07, 6.45) is -0.706. The zero-order valence-electron chi connectivity index (χ0n) is 18.6. The van der Waals surface area contributed by atoms with E-state index in [9.17, 15) is 23.1 Å². The molecule has 0 aliphatic carbocycles. The number of benzene rings is 1. The molecule has 1 aliphatic heterocycles. The summed E-state index contributed by atoms with van der Waals surface area (Å²) in [5.41, 5.74) is 1.59. The SMILES string of the molecule is CCN(C(=O)[C@H](C)OC(=O)c1cc(C(C)C)cc(C(C)C)c1O)[C@H]1CCS(=O)(=O)C1. The van der Waals surface area contributed by atoms with E-state index in [2.05, 4.69) is 0 Å². The number of likely N-dealkylation sites (N-methyl/N-ethyl adjacent to an activating group) is 1. The monoisotopic (exact) mass is 439 g/mol. The number of aromatic hydroxyl groups is 1. The van der Waals surface area contributed by atoms with Crippen molar-refractivity contribution >= 4 is 21.7 Å². The molecule has 1 aliphatic rings. The van der Waals surface area contributed by atoms with Crippen molar-refractivity contribution in [2.24, 2.45) is 0 Å². The van der Waals surface area contributed by atoms with Crippen LogP contribution in [0.15, 0.2) is 12.1 Å². The highest BCUT2D eigenvalue weighted by Crippen LogP contribution is 2.33. The highest BCUT2D eigenvalue weighted by molar-refractivity contribution is 7.91. The molecular weight excluding hydrogens is 406 g/mol. The van der Waals surface area contributed by atoms with Crippen LogP contribution in [0, 0.1) is 0 Å². The second-order valence-corrected chi connectivity index (χ2v) is 10.8. The van der Waals surface area contributed by atoms with E-state index in [0.717, 1.165) is 5.56 Å². The summed E-state index contributed by atoms with van der Waals surface area (Å²) < 4.78 is 29.0. The van der Waals surface area contributed by atoms with Gasteiger partial charge in [-0.2, -0.15) is 0 Å². The number of esters is 1. The highest BCUT2D eigenvalue weighted by Gasteiger charge is 2.36. The fourth-order valence-electron chi connectivity index (χ4n) is 3.73. The second kappa shape index (κ2) is 9.37. The van der Waals surface area contributed by atoms with Gasteiger partial charge in [0.25, 0.3) is 5.91 Å². The molecule has 1 fully saturated rings. The molecular formula is C22H33NO6S. The standard InChI is InChI=1S/C22H33NO6S/c1-7-23(17-8-9-30(27,28)12-17)21(25)15(6)29-22(26)19-11-16(13(2)3)10-18(14(4)5)20(19)24/h10-11,13-15,17,24H,7-9,12H2,1-6H3/t15-,17-/m0/s1. The molecule has 2 rings (SSSR count). The predicted molar refractivity (Wildman–Crippen MR) is 116 cm³/mol. The van der Waals surface area contributed by atoms with E-state index < -0.39 is 33.9 Å². The number of carbonyl (C=O) groups is 2. The van der Waals surface area contributed by atoms with Crippen molar-refractivity contribution in [3.63, 3.8) is 0 Å². The first-order valence-corrected chi connectivity index (χ1v) is 12.3. The van der Waals surface area contributed by atoms with Gasteiger partial charge in [0.05, 0.1) is 11.5 Å². The van der Waals surface area contributed by atoms with Gasteiger partial charge in [-0.15, -0.1) is 0 Å². The molecule has 0 unspecified atom stereocenters. The largest absolute Gasteiger partial charge is 0.507 e. The van der Waals surface area contributed by atoms with Crippen molar-refractivity contribution < 1.29 is 27.9 Å². The van der Waals surface area contributed by atoms with E-state index in [-0.39, 0.29) is 34.7 Å². The van der Waals surface area contributed by atoms with Gasteiger partial charge in [-0.3, -0.25) is 4.79 Å². The van der Waals surface area contributed by atoms with Gasteiger partial charge in [0.15, 0.2) is 15.9 Å². The first kappa shape index (κ1) is 24.2. The number of ether oxygens (including phenoxy) is 1. The van der Waals surface area contributed by atoms with Gasteiger partial charge < -0.3 is 14.7 Å². The van der Waals surface area contributed by atoms with Crippen LogP contribution in [-0.2, 0) is 19.4 Å². The Morgan fingerprint density at radius 3 is 2.27 bits per heavy atom. The summed E-state index contributed by atoms with van der Waals surface area (Å²) in [6, 6.07) is 3.08. The topological polar surface area (TPSA) is 101 Å². The van der Waals surface area contributed by atoms with Crippen LogP contribution in [0.1, 0.15) is 81.3 Å². The molecule has 0 radical (unpaired) electrons. The van der Waals surface area contributed by atoms with Gasteiger partial charge in [0, 0.05) is 12.6 Å². The summed E-state index contributed by atoms with van der Waals surface area (Å²) in [4.78, 5) is 27.1. The molecule has 7 nitrogen and oxygen atoms in total. The Morgan fingerprint density at radius 2 is 1.80 bits per heavy atom. The van der Waals surface area contributed by atoms with Crippen LogP contribution < -0.4 is 0 Å². The van der Waals surface area contributed by atoms with E-state index in [0.29, 0.717) is 18.5 Å². The van der Waals surface area contributed by atoms with Gasteiger partial charge in [-0.25, -0.2) is 13.2 Å². The van der Waals surface area contributed by atoms with Crippen molar-refractivity contribution in [3.8, 4) is 5.75 Å². The average Bonchev–Trinajstić information content (AvgIpc) is 3.01. The Hall–Kier alpha value is -2.09. The van der Waals surface area contributed by atoms with Crippen molar-refractivity contribution in [1.29, 1.82) is 0 Å². The molecule has 2 atom stereocenters. The molecule has 1 amide bonds. The number of phenolic OH excluding ortho intramolecular Hbond substituents is 1. The number of hydrogen-bond donors (Lipinski definition) is 1. The third-order valence-corrected chi connectivity index (χ3v) is 7.33. The highest BCUT2D eigenvalue weighted by atomic mass is 32.2. The van der Waals surface area contributed by atoms with Gasteiger partial charge in [0.1, 0.15) is 11.3 Å². The second-order valence-electron chi connectivity index (χ2n) is 8.54.